The number of aliphatic hydroxyl groups is 1. The number of anilines is 3. The van der Waals surface area contributed by atoms with Gasteiger partial charge in [-0.1, -0.05) is 135 Å². The molecule has 0 saturated heterocycles. The Hall–Kier alpha value is -10.3. The minimum absolute atomic E-state index is 0. The van der Waals surface area contributed by atoms with Crippen LogP contribution in [0, 0.1) is 0 Å². The number of hydrogen-bond donors (Lipinski definition) is 7. The van der Waals surface area contributed by atoms with Gasteiger partial charge >= 0.3 is 53.4 Å². The fourth-order valence-electron chi connectivity index (χ4n) is 9.25. The average molecular weight is 1450 g/mol. The van der Waals surface area contributed by atoms with Crippen molar-refractivity contribution in [1.82, 2.24) is 39.9 Å². The van der Waals surface area contributed by atoms with E-state index in [1.54, 1.807) is 72.8 Å². The SMILES string of the molecule is CC(C)N.CC(C)Nc1nc2cc(C(=O)O)ccc2nc1-c1ccccc1.CC(C)Nc1nc2cc(C(=O)O)ccc2nc1-c1ccccc1.CO.COC(=O)c1ccc2nc(-c3ccccc3)c(Br)nc2c1.COC(=O)c1ccc2nc(-c3ccccc3)c(NC(C)C)nc2c1.[2H]CF.[Na+].[OH-]. The van der Waals surface area contributed by atoms with Gasteiger partial charge in [-0.2, -0.15) is 0 Å². The summed E-state index contributed by atoms with van der Waals surface area (Å²) >= 11 is 3.44. The number of carboxylic acid groups (broad SMARTS) is 2. The topological polar surface area (TPSA) is 343 Å². The summed E-state index contributed by atoms with van der Waals surface area (Å²) in [5, 5.41) is 35.2. The van der Waals surface area contributed by atoms with E-state index in [2.05, 4.69) is 66.8 Å². The van der Waals surface area contributed by atoms with Gasteiger partial charge in [0.25, 0.3) is 0 Å². The second kappa shape index (κ2) is 41.3. The maximum atomic E-state index is 11.7. The molecule has 0 fully saturated rings. The number of aliphatic hydroxyl groups excluding tert-OH is 1. The minimum atomic E-state index is -1.00. The number of nitrogens with zero attached hydrogens (tertiary/aromatic N) is 8. The number of carbonyl (C=O) groups excluding carboxylic acids is 2. The number of alkyl halides is 1. The third-order valence-electron chi connectivity index (χ3n) is 13.4. The number of ether oxygens (including phenoxy) is 2. The first-order valence-corrected chi connectivity index (χ1v) is 31.9. The van der Waals surface area contributed by atoms with Gasteiger partial charge in [0.15, 0.2) is 17.5 Å². The van der Waals surface area contributed by atoms with E-state index in [-0.39, 0.29) is 76.2 Å². The summed E-state index contributed by atoms with van der Waals surface area (Å²) in [6.07, 6.45) is 0. The molecule has 0 aliphatic rings. The molecule has 0 bridgehead atoms. The van der Waals surface area contributed by atoms with Crippen molar-refractivity contribution in [2.24, 2.45) is 5.73 Å². The Morgan fingerprint density at radius 1 is 0.416 bits per heavy atom. The van der Waals surface area contributed by atoms with E-state index in [1.165, 1.54) is 14.2 Å². The predicted molar refractivity (Wildman–Crippen MR) is 397 cm³/mol. The van der Waals surface area contributed by atoms with E-state index in [1.807, 2.05) is 177 Å². The summed E-state index contributed by atoms with van der Waals surface area (Å²) in [5.41, 5.74) is 18.6. The second-order valence-electron chi connectivity index (χ2n) is 22.6. The minimum Gasteiger partial charge on any atom is -0.870 e. The molecule has 22 nitrogen and oxygen atoms in total. The third-order valence-corrected chi connectivity index (χ3v) is 14.0. The molecule has 0 atom stereocenters. The van der Waals surface area contributed by atoms with Crippen molar-refractivity contribution >= 4 is 101 Å². The van der Waals surface area contributed by atoms with Gasteiger partial charge in [-0.15, -0.1) is 0 Å². The number of fused-ring (bicyclic) bond motifs is 4. The van der Waals surface area contributed by atoms with Crippen LogP contribution in [0.2, 0.25) is 0 Å². The van der Waals surface area contributed by atoms with Crippen LogP contribution in [0.15, 0.2) is 199 Å². The zero-order chi connectivity index (χ0) is 73.0. The Morgan fingerprint density at radius 3 is 0.891 bits per heavy atom. The van der Waals surface area contributed by atoms with Gasteiger partial charge < -0.3 is 52.0 Å². The van der Waals surface area contributed by atoms with Crippen molar-refractivity contribution in [3.05, 3.63) is 221 Å². The summed E-state index contributed by atoms with van der Waals surface area (Å²) < 4.78 is 25.6. The van der Waals surface area contributed by atoms with Gasteiger partial charge in [0.05, 0.1) is 89.1 Å². The van der Waals surface area contributed by atoms with E-state index in [0.717, 1.165) is 63.2 Å². The molecule has 12 rings (SSSR count). The Kier molecular flexibility index (Phi) is 33.3. The number of hydrogen-bond acceptors (Lipinski definition) is 20. The van der Waals surface area contributed by atoms with Crippen LogP contribution in [0.25, 0.3) is 89.2 Å². The molecule has 0 saturated carbocycles. The summed E-state index contributed by atoms with van der Waals surface area (Å²) in [7, 11) is 2.72. The van der Waals surface area contributed by atoms with Gasteiger partial charge in [0, 0.05) is 47.5 Å². The van der Waals surface area contributed by atoms with E-state index >= 15 is 0 Å². The largest absolute Gasteiger partial charge is 1.00 e. The van der Waals surface area contributed by atoms with Gasteiger partial charge in [0.2, 0.25) is 0 Å². The van der Waals surface area contributed by atoms with E-state index < -0.39 is 19.1 Å². The van der Waals surface area contributed by atoms with Crippen molar-refractivity contribution in [3.63, 3.8) is 0 Å². The summed E-state index contributed by atoms with van der Waals surface area (Å²) in [5.74, 6) is -0.710. The molecule has 0 spiro atoms. The first-order valence-electron chi connectivity index (χ1n) is 31.8. The zero-order valence-electron chi connectivity index (χ0n) is 59.1. The number of benzene rings is 8. The number of carboxylic acids is 2. The number of methoxy groups -OCH3 is 2. The van der Waals surface area contributed by atoms with E-state index in [9.17, 15) is 23.6 Å². The van der Waals surface area contributed by atoms with Crippen LogP contribution in [-0.2, 0) is 9.47 Å². The quantitative estimate of drug-likeness (QED) is 0.0393. The summed E-state index contributed by atoms with van der Waals surface area (Å²) in [6.45, 7) is 16.1. The Balaban J connectivity index is 0.000000275. The predicted octanol–water partition coefficient (Wildman–Crippen LogP) is 12.8. The molecule has 8 aromatic carbocycles. The first-order chi connectivity index (χ1) is 48.0. The first kappa shape index (κ1) is 81.4. The fraction of sp³-hybridized carbons (Fsp3) is 0.211. The fourth-order valence-corrected chi connectivity index (χ4v) is 9.75. The van der Waals surface area contributed by atoms with Crippen LogP contribution in [0.5, 0.6) is 0 Å². The number of halogens is 2. The number of rotatable bonds is 14. The van der Waals surface area contributed by atoms with Crippen molar-refractivity contribution in [1.29, 1.82) is 0 Å². The molecule has 12 aromatic rings. The standard InChI is InChI=1S/C19H19N3O2.2C18H17N3O2.C16H11BrN2O2.C3H9N.CH3F.CH4O.Na.H2O/c1-12(2)20-18-17(13-7-5-4-6-8-13)21-15-10-9-14(19(23)24-3)11-16(15)22-18;2*1-11(2)19-17-16(12-6-4-3-5-7-12)20-14-9-8-13(18(22)23)10-15(14)21-17;1-21-16(20)11-7-8-12-13(9-11)19-15(17)14(18-12)10-5-3-2-4-6-10;1-3(2)4;2*1-2;;/h4-12H,1-3H3,(H,20,22);2*3-11H,1-2H3,(H,19,21)(H,22,23);2-9H,1H3;3H,4H2,1-2H3;1H3;2H,1H3;;1H2/q;;;;;;;+1;/p-1/i;;;;;1D;;;. The third kappa shape index (κ3) is 24.0. The van der Waals surface area contributed by atoms with Gasteiger partial charge in [0.1, 0.15) is 27.4 Å². The van der Waals surface area contributed by atoms with Crippen LogP contribution in [0.4, 0.5) is 21.8 Å². The summed E-state index contributed by atoms with van der Waals surface area (Å²) in [4.78, 5) is 82.6. The van der Waals surface area contributed by atoms with Gasteiger partial charge in [-0.25, -0.2) is 59.0 Å². The van der Waals surface area contributed by atoms with E-state index in [4.69, 9.17) is 36.9 Å². The number of nitrogens with one attached hydrogen (secondary N) is 3. The molecule has 4 aromatic heterocycles. The molecule has 520 valence electrons. The molecular weight excluding hydrogens is 1360 g/mol. The number of esters is 2. The van der Waals surface area contributed by atoms with Crippen molar-refractivity contribution in [3.8, 4) is 45.0 Å². The van der Waals surface area contributed by atoms with Crippen molar-refractivity contribution in [2.45, 2.75) is 79.6 Å². The number of carbonyl (C=O) groups is 4. The summed E-state index contributed by atoms with van der Waals surface area (Å²) in [6, 6.07) is 60.2. The normalized spacial score (nSPS) is 10.3. The van der Waals surface area contributed by atoms with Crippen molar-refractivity contribution in [2.75, 3.05) is 44.4 Å². The number of aromatic nitrogens is 8. The molecule has 25 heteroatoms. The van der Waals surface area contributed by atoms with Crippen LogP contribution in [0.3, 0.4) is 0 Å². The number of aromatic carboxylic acids is 2. The Labute approximate surface area is 617 Å². The molecule has 4 heterocycles. The molecule has 101 heavy (non-hydrogen) atoms. The van der Waals surface area contributed by atoms with Crippen LogP contribution in [-0.4, -0.2) is 137 Å². The van der Waals surface area contributed by atoms with E-state index in [0.29, 0.717) is 72.3 Å². The van der Waals surface area contributed by atoms with Crippen LogP contribution >= 0.6 is 15.9 Å². The smallest absolute Gasteiger partial charge is 0.870 e. The Morgan fingerprint density at radius 2 is 0.644 bits per heavy atom. The molecule has 0 radical (unpaired) electrons. The second-order valence-corrected chi connectivity index (χ2v) is 23.4. The molecule has 0 aliphatic heterocycles. The zero-order valence-corrected chi connectivity index (χ0v) is 61.7. The maximum Gasteiger partial charge on any atom is 1.00 e. The van der Waals surface area contributed by atoms with Crippen molar-refractivity contribution < 1.29 is 84.8 Å². The molecule has 9 N–H and O–H groups in total. The molecule has 0 unspecified atom stereocenters. The average Bonchev–Trinajstić information content (AvgIpc) is 0.812. The molecular formula is C76H81BrFN12NaO10. The number of nitrogens with two attached hydrogens (primary N) is 1. The monoisotopic (exact) mass is 1440 g/mol. The molecule has 0 aliphatic carbocycles. The van der Waals surface area contributed by atoms with Crippen LogP contribution < -0.4 is 51.2 Å². The van der Waals surface area contributed by atoms with Crippen LogP contribution in [0.1, 0.15) is 98.2 Å². The maximum absolute atomic E-state index is 11.7. The molecule has 0 amide bonds. The van der Waals surface area contributed by atoms with Gasteiger partial charge in [-0.3, -0.25) is 4.39 Å². The van der Waals surface area contributed by atoms with Gasteiger partial charge in [-0.05, 0) is 136 Å². The Bertz CT molecular complexity index is 4550.